The lowest BCUT2D eigenvalue weighted by atomic mass is 9.78. The van der Waals surface area contributed by atoms with Crippen molar-refractivity contribution in [1.82, 2.24) is 10.2 Å². The molecule has 0 aromatic heterocycles. The number of carbonyl (C=O) groups excluding carboxylic acids is 3. The number of nitrogens with one attached hydrogen (secondary N) is 2. The van der Waals surface area contributed by atoms with E-state index in [4.69, 9.17) is 4.74 Å². The van der Waals surface area contributed by atoms with Gasteiger partial charge in [0.2, 0.25) is 5.91 Å². The van der Waals surface area contributed by atoms with Gasteiger partial charge in [0.05, 0.1) is 5.69 Å². The number of aryl methyl sites for hydroxylation is 1. The predicted octanol–water partition coefficient (Wildman–Crippen LogP) is 3.90. The predicted molar refractivity (Wildman–Crippen MR) is 123 cm³/mol. The number of nitrogens with zero attached hydrogens (tertiary/aromatic N) is 1. The number of imide groups is 1. The zero-order valence-electron chi connectivity index (χ0n) is 17.9. The first-order valence-electron chi connectivity index (χ1n) is 10.9. The average molecular weight is 441 g/mol. The summed E-state index contributed by atoms with van der Waals surface area (Å²) in [6.45, 7) is -0.367. The van der Waals surface area contributed by atoms with Gasteiger partial charge in [-0.05, 0) is 48.2 Å². The molecule has 0 unspecified atom stereocenters. The second kappa shape index (κ2) is 8.43. The van der Waals surface area contributed by atoms with Crippen LogP contribution in [0, 0.1) is 0 Å². The highest BCUT2D eigenvalue weighted by Gasteiger charge is 2.52. The van der Waals surface area contributed by atoms with Crippen molar-refractivity contribution >= 4 is 23.5 Å². The van der Waals surface area contributed by atoms with Gasteiger partial charge in [-0.25, -0.2) is 4.79 Å². The number of hydrogen-bond acceptors (Lipinski definition) is 4. The van der Waals surface area contributed by atoms with E-state index in [1.54, 1.807) is 24.3 Å². The van der Waals surface area contributed by atoms with E-state index in [-0.39, 0.29) is 12.5 Å². The van der Waals surface area contributed by atoms with Gasteiger partial charge < -0.3 is 15.4 Å². The minimum atomic E-state index is -0.986. The Labute approximate surface area is 191 Å². The van der Waals surface area contributed by atoms with Crippen LogP contribution in [0.25, 0.3) is 0 Å². The molecular formula is C26H23N3O4. The molecule has 0 saturated carbocycles. The summed E-state index contributed by atoms with van der Waals surface area (Å²) in [5, 5.41) is 5.62. The molecule has 1 saturated heterocycles. The Hall–Kier alpha value is -4.13. The number of carbonyl (C=O) groups is 3. The molecule has 1 spiro atoms. The first-order valence-corrected chi connectivity index (χ1v) is 10.9. The number of anilines is 1. The van der Waals surface area contributed by atoms with Crippen LogP contribution in [0.1, 0.15) is 17.5 Å². The Morgan fingerprint density at radius 3 is 2.45 bits per heavy atom. The lowest BCUT2D eigenvalue weighted by Crippen LogP contribution is -2.51. The van der Waals surface area contributed by atoms with Crippen LogP contribution in [-0.4, -0.2) is 34.8 Å². The lowest BCUT2D eigenvalue weighted by molar-refractivity contribution is -0.134. The highest BCUT2D eigenvalue weighted by Crippen LogP contribution is 2.34. The second-order valence-corrected chi connectivity index (χ2v) is 8.31. The van der Waals surface area contributed by atoms with Gasteiger partial charge in [-0.2, -0.15) is 0 Å². The van der Waals surface area contributed by atoms with Gasteiger partial charge in [0.1, 0.15) is 17.8 Å². The molecule has 1 fully saturated rings. The van der Waals surface area contributed by atoms with E-state index in [1.807, 2.05) is 54.6 Å². The largest absolute Gasteiger partial charge is 0.455 e. The fourth-order valence-electron chi connectivity index (χ4n) is 4.45. The molecule has 0 radical (unpaired) electrons. The zero-order valence-corrected chi connectivity index (χ0v) is 17.9. The molecule has 3 aromatic carbocycles. The number of para-hydroxylation sites is 3. The number of rotatable bonds is 5. The van der Waals surface area contributed by atoms with E-state index < -0.39 is 17.5 Å². The molecule has 33 heavy (non-hydrogen) atoms. The van der Waals surface area contributed by atoms with Crippen molar-refractivity contribution in [3.05, 3.63) is 90.0 Å². The van der Waals surface area contributed by atoms with Crippen molar-refractivity contribution in [1.29, 1.82) is 0 Å². The number of urea groups is 1. The van der Waals surface area contributed by atoms with Crippen LogP contribution in [0.15, 0.2) is 78.9 Å². The minimum Gasteiger partial charge on any atom is -0.455 e. The maximum atomic E-state index is 13.2. The molecule has 7 heteroatoms. The molecule has 7 nitrogen and oxygen atoms in total. The van der Waals surface area contributed by atoms with Crippen LogP contribution in [0.5, 0.6) is 11.5 Å². The third kappa shape index (κ3) is 4.05. The third-order valence-corrected chi connectivity index (χ3v) is 6.11. The quantitative estimate of drug-likeness (QED) is 0.588. The summed E-state index contributed by atoms with van der Waals surface area (Å²) < 4.78 is 5.87. The normalized spacial score (nSPS) is 19.2. The van der Waals surface area contributed by atoms with E-state index in [9.17, 15) is 14.4 Å². The molecule has 4 amide bonds. The highest BCUT2D eigenvalue weighted by molar-refractivity contribution is 6.10. The standard InChI is InChI=1S/C26H23N3O4/c30-23(27-21-12-6-7-13-22(21)33-20-10-2-1-3-11-20)17-29-24(31)26(28-25(29)32)15-14-18-8-4-5-9-19(18)16-26/h1-13H,14-17H2,(H,27,30)(H,28,32)/t26-/m1/s1. The number of fused-ring (bicyclic) bond motifs is 1. The number of hydrogen-bond donors (Lipinski definition) is 2. The SMILES string of the molecule is O=C(CN1C(=O)N[C@@]2(CCc3ccccc3C2)C1=O)Nc1ccccc1Oc1ccccc1. The summed E-state index contributed by atoms with van der Waals surface area (Å²) in [5.41, 5.74) is 1.71. The van der Waals surface area contributed by atoms with Crippen LogP contribution >= 0.6 is 0 Å². The maximum absolute atomic E-state index is 13.2. The number of amides is 4. The molecule has 5 rings (SSSR count). The van der Waals surface area contributed by atoms with Crippen LogP contribution in [0.4, 0.5) is 10.5 Å². The fourth-order valence-corrected chi connectivity index (χ4v) is 4.45. The zero-order chi connectivity index (χ0) is 22.8. The van der Waals surface area contributed by atoms with Gasteiger partial charge >= 0.3 is 6.03 Å². The highest BCUT2D eigenvalue weighted by atomic mass is 16.5. The monoisotopic (exact) mass is 441 g/mol. The maximum Gasteiger partial charge on any atom is 0.325 e. The molecule has 3 aromatic rings. The summed E-state index contributed by atoms with van der Waals surface area (Å²) in [6, 6.07) is 23.6. The van der Waals surface area contributed by atoms with E-state index in [1.165, 1.54) is 5.56 Å². The van der Waals surface area contributed by atoms with E-state index in [2.05, 4.69) is 10.6 Å². The second-order valence-electron chi connectivity index (χ2n) is 8.31. The molecule has 1 aliphatic carbocycles. The van der Waals surface area contributed by atoms with Gasteiger partial charge in [0.15, 0.2) is 5.75 Å². The topological polar surface area (TPSA) is 87.7 Å². The molecule has 1 heterocycles. The Kier molecular flexibility index (Phi) is 5.30. The molecule has 1 aliphatic heterocycles. The number of benzene rings is 3. The Morgan fingerprint density at radius 2 is 1.64 bits per heavy atom. The summed E-state index contributed by atoms with van der Waals surface area (Å²) in [5.74, 6) is 0.268. The van der Waals surface area contributed by atoms with Crippen molar-refractivity contribution < 1.29 is 19.1 Å². The molecule has 166 valence electrons. The first kappa shape index (κ1) is 20.8. The van der Waals surface area contributed by atoms with Gasteiger partial charge in [-0.15, -0.1) is 0 Å². The lowest BCUT2D eigenvalue weighted by Gasteiger charge is -2.32. The van der Waals surface area contributed by atoms with E-state index in [0.717, 1.165) is 10.5 Å². The van der Waals surface area contributed by atoms with Crippen molar-refractivity contribution in [2.45, 2.75) is 24.8 Å². The van der Waals surface area contributed by atoms with Gasteiger partial charge in [0, 0.05) is 6.42 Å². The summed E-state index contributed by atoms with van der Waals surface area (Å²) in [6.07, 6.45) is 1.65. The van der Waals surface area contributed by atoms with Crippen molar-refractivity contribution in [3.63, 3.8) is 0 Å². The Morgan fingerprint density at radius 1 is 0.939 bits per heavy atom. The third-order valence-electron chi connectivity index (χ3n) is 6.11. The van der Waals surface area contributed by atoms with Crippen LogP contribution in [0.3, 0.4) is 0 Å². The summed E-state index contributed by atoms with van der Waals surface area (Å²) in [4.78, 5) is 39.7. The Balaban J connectivity index is 1.28. The van der Waals surface area contributed by atoms with Gasteiger partial charge in [-0.3, -0.25) is 14.5 Å². The smallest absolute Gasteiger partial charge is 0.325 e. The van der Waals surface area contributed by atoms with E-state index >= 15 is 0 Å². The average Bonchev–Trinajstić information content (AvgIpc) is 3.04. The van der Waals surface area contributed by atoms with Crippen molar-refractivity contribution in [2.24, 2.45) is 0 Å². The Bertz CT molecular complexity index is 1230. The van der Waals surface area contributed by atoms with Gasteiger partial charge in [0.25, 0.3) is 5.91 Å². The molecule has 2 aliphatic rings. The van der Waals surface area contributed by atoms with Crippen LogP contribution in [0.2, 0.25) is 0 Å². The van der Waals surface area contributed by atoms with Gasteiger partial charge in [-0.1, -0.05) is 54.6 Å². The molecule has 0 bridgehead atoms. The van der Waals surface area contributed by atoms with Crippen LogP contribution in [-0.2, 0) is 22.4 Å². The van der Waals surface area contributed by atoms with Crippen molar-refractivity contribution in [3.8, 4) is 11.5 Å². The summed E-state index contributed by atoms with van der Waals surface area (Å²) >= 11 is 0. The molecular weight excluding hydrogens is 418 g/mol. The summed E-state index contributed by atoms with van der Waals surface area (Å²) in [7, 11) is 0. The fraction of sp³-hybridized carbons (Fsp3) is 0.192. The van der Waals surface area contributed by atoms with Crippen LogP contribution < -0.4 is 15.4 Å². The molecule has 2 N–H and O–H groups in total. The first-order chi connectivity index (χ1) is 16.0. The van der Waals surface area contributed by atoms with Crippen molar-refractivity contribution in [2.75, 3.05) is 11.9 Å². The van der Waals surface area contributed by atoms with E-state index in [0.29, 0.717) is 36.4 Å². The minimum absolute atomic E-state index is 0.356. The molecule has 1 atom stereocenters. The number of ether oxygens (including phenoxy) is 1.